The fraction of sp³-hybridized carbons (Fsp3) is 0.0556. The number of hydrogen-bond acceptors (Lipinski definition) is 3. The number of aromatic hydroxyl groups is 1. The number of benzene rings is 2. The van der Waals surface area contributed by atoms with Crippen LogP contribution in [0.1, 0.15) is 5.56 Å². The van der Waals surface area contributed by atoms with E-state index < -0.39 is 0 Å². The summed E-state index contributed by atoms with van der Waals surface area (Å²) in [7, 11) is 1.48. The van der Waals surface area contributed by atoms with Gasteiger partial charge < -0.3 is 9.84 Å². The molecule has 0 unspecified atom stereocenters. The smallest absolute Gasteiger partial charge is 0.279 e. The standard InChI is InChI=1S/C18H16N2O3/c1-12-15(10-13-8-9-16(21)17(11-13)23-2)18(22)20(19-12)14-6-4-3-5-7-14/h3-11,19,21H,1H2,2H3/b15-10-. The van der Waals surface area contributed by atoms with Gasteiger partial charge in [0, 0.05) is 0 Å². The third-order valence-corrected chi connectivity index (χ3v) is 3.53. The predicted octanol–water partition coefficient (Wildman–Crippen LogP) is 1.12. The molecule has 0 saturated carbocycles. The number of aromatic amines is 1. The quantitative estimate of drug-likeness (QED) is 0.762. The third-order valence-electron chi connectivity index (χ3n) is 3.53. The molecule has 1 heterocycles. The van der Waals surface area contributed by atoms with Crippen LogP contribution in [0.4, 0.5) is 0 Å². The number of nitrogens with one attached hydrogen (secondary N) is 1. The highest BCUT2D eigenvalue weighted by Gasteiger charge is 2.05. The van der Waals surface area contributed by atoms with Gasteiger partial charge >= 0.3 is 0 Å². The van der Waals surface area contributed by atoms with Crippen molar-refractivity contribution in [3.8, 4) is 17.2 Å². The molecule has 0 saturated heterocycles. The number of nitrogens with zero attached hydrogens (tertiary/aromatic N) is 1. The van der Waals surface area contributed by atoms with Gasteiger partial charge in [0.15, 0.2) is 11.5 Å². The molecule has 3 rings (SSSR count). The molecule has 5 nitrogen and oxygen atoms in total. The summed E-state index contributed by atoms with van der Waals surface area (Å²) in [6.45, 7) is 3.90. The van der Waals surface area contributed by atoms with E-state index in [1.54, 1.807) is 18.2 Å². The van der Waals surface area contributed by atoms with Crippen molar-refractivity contribution in [3.05, 3.63) is 75.0 Å². The van der Waals surface area contributed by atoms with Gasteiger partial charge in [-0.25, -0.2) is 4.68 Å². The van der Waals surface area contributed by atoms with Crippen LogP contribution in [0.15, 0.2) is 53.3 Å². The number of methoxy groups -OCH3 is 1. The number of rotatable bonds is 3. The van der Waals surface area contributed by atoms with Crippen LogP contribution in [-0.4, -0.2) is 22.0 Å². The molecular weight excluding hydrogens is 292 g/mol. The Balaban J connectivity index is 2.17. The van der Waals surface area contributed by atoms with Crippen molar-refractivity contribution in [2.45, 2.75) is 0 Å². The first-order valence-corrected chi connectivity index (χ1v) is 7.04. The zero-order valence-electron chi connectivity index (χ0n) is 12.6. The number of aromatic nitrogens is 2. The summed E-state index contributed by atoms with van der Waals surface area (Å²) in [6, 6.07) is 14.2. The second-order valence-electron chi connectivity index (χ2n) is 5.06. The van der Waals surface area contributed by atoms with Crippen LogP contribution in [0.2, 0.25) is 0 Å². The van der Waals surface area contributed by atoms with E-state index in [-0.39, 0.29) is 11.3 Å². The maximum absolute atomic E-state index is 12.6. The van der Waals surface area contributed by atoms with Gasteiger partial charge in [0.2, 0.25) is 0 Å². The highest BCUT2D eigenvalue weighted by molar-refractivity contribution is 5.55. The van der Waals surface area contributed by atoms with E-state index in [1.165, 1.54) is 17.9 Å². The van der Waals surface area contributed by atoms with E-state index in [2.05, 4.69) is 11.7 Å². The van der Waals surface area contributed by atoms with E-state index >= 15 is 0 Å². The molecule has 0 aliphatic heterocycles. The zero-order chi connectivity index (χ0) is 16.4. The molecule has 3 aromatic rings. The summed E-state index contributed by atoms with van der Waals surface area (Å²) in [4.78, 5) is 12.6. The fourth-order valence-corrected chi connectivity index (χ4v) is 2.35. The number of ether oxygens (including phenoxy) is 1. The van der Waals surface area contributed by atoms with Crippen LogP contribution >= 0.6 is 0 Å². The molecule has 0 radical (unpaired) electrons. The molecule has 0 amide bonds. The Labute approximate surface area is 132 Å². The third kappa shape index (κ3) is 2.76. The average Bonchev–Trinajstić information content (AvgIpc) is 2.85. The Morgan fingerprint density at radius 3 is 2.65 bits per heavy atom. The van der Waals surface area contributed by atoms with Crippen molar-refractivity contribution >= 4 is 12.7 Å². The highest BCUT2D eigenvalue weighted by atomic mass is 16.5. The zero-order valence-corrected chi connectivity index (χ0v) is 12.6. The van der Waals surface area contributed by atoms with E-state index in [0.29, 0.717) is 16.3 Å². The lowest BCUT2D eigenvalue weighted by atomic mass is 10.1. The van der Waals surface area contributed by atoms with Crippen LogP contribution in [0.5, 0.6) is 11.5 Å². The summed E-state index contributed by atoms with van der Waals surface area (Å²) < 4.78 is 6.53. The molecule has 116 valence electrons. The second-order valence-corrected chi connectivity index (χ2v) is 5.06. The van der Waals surface area contributed by atoms with Gasteiger partial charge in [-0.15, -0.1) is 0 Å². The molecule has 0 aliphatic rings. The van der Waals surface area contributed by atoms with Crippen molar-refractivity contribution in [1.29, 1.82) is 0 Å². The molecule has 0 atom stereocenters. The van der Waals surface area contributed by atoms with Crippen molar-refractivity contribution in [3.63, 3.8) is 0 Å². The van der Waals surface area contributed by atoms with Crippen LogP contribution in [0.3, 0.4) is 0 Å². The molecule has 23 heavy (non-hydrogen) atoms. The fourth-order valence-electron chi connectivity index (χ4n) is 2.35. The summed E-state index contributed by atoms with van der Waals surface area (Å²) in [6.07, 6.45) is 1.71. The molecular formula is C18H16N2O3. The largest absolute Gasteiger partial charge is 0.504 e. The molecule has 2 aromatic carbocycles. The SMILES string of the molecule is C=c1[nH]n(-c2ccccc2)c(=O)/c1=C\c1ccc(O)c(OC)c1. The lowest BCUT2D eigenvalue weighted by Crippen LogP contribution is -2.33. The summed E-state index contributed by atoms with van der Waals surface area (Å²) in [5.41, 5.74) is 1.29. The summed E-state index contributed by atoms with van der Waals surface area (Å²) in [5, 5.41) is 13.6. The maximum atomic E-state index is 12.6. The van der Waals surface area contributed by atoms with Crippen molar-refractivity contribution in [2.24, 2.45) is 0 Å². The van der Waals surface area contributed by atoms with E-state index in [9.17, 15) is 9.90 Å². The lowest BCUT2D eigenvalue weighted by Gasteiger charge is -2.03. The predicted molar refractivity (Wildman–Crippen MR) is 89.4 cm³/mol. The summed E-state index contributed by atoms with van der Waals surface area (Å²) in [5.74, 6) is 0.401. The molecule has 5 heteroatoms. The minimum absolute atomic E-state index is 0.0512. The topological polar surface area (TPSA) is 67.2 Å². The highest BCUT2D eigenvalue weighted by Crippen LogP contribution is 2.26. The number of hydrogen-bond donors (Lipinski definition) is 2. The van der Waals surface area contributed by atoms with Gasteiger partial charge in [-0.1, -0.05) is 30.8 Å². The number of phenolic OH excluding ortho intramolecular Hbond substituents is 1. The first kappa shape index (κ1) is 14.7. The van der Waals surface area contributed by atoms with Gasteiger partial charge in [-0.05, 0) is 35.9 Å². The summed E-state index contributed by atoms with van der Waals surface area (Å²) >= 11 is 0. The van der Waals surface area contributed by atoms with E-state index in [1.807, 2.05) is 30.3 Å². The Morgan fingerprint density at radius 1 is 1.22 bits per heavy atom. The Morgan fingerprint density at radius 2 is 1.96 bits per heavy atom. The van der Waals surface area contributed by atoms with E-state index in [4.69, 9.17) is 4.74 Å². The first-order valence-electron chi connectivity index (χ1n) is 7.04. The Bertz CT molecular complexity index is 1000. The van der Waals surface area contributed by atoms with Crippen LogP contribution in [-0.2, 0) is 0 Å². The molecule has 0 spiro atoms. The minimum atomic E-state index is -0.187. The molecule has 0 fully saturated rings. The number of phenols is 1. The van der Waals surface area contributed by atoms with Crippen molar-refractivity contribution < 1.29 is 9.84 Å². The van der Waals surface area contributed by atoms with Gasteiger partial charge in [-0.3, -0.25) is 9.89 Å². The average molecular weight is 308 g/mol. The molecule has 0 bridgehead atoms. The first-order chi connectivity index (χ1) is 11.1. The van der Waals surface area contributed by atoms with Crippen LogP contribution in [0, 0.1) is 0 Å². The maximum Gasteiger partial charge on any atom is 0.279 e. The van der Waals surface area contributed by atoms with Gasteiger partial charge in [-0.2, -0.15) is 0 Å². The Kier molecular flexibility index (Phi) is 3.76. The normalized spacial score (nSPS) is 11.6. The van der Waals surface area contributed by atoms with Crippen LogP contribution in [0.25, 0.3) is 18.3 Å². The van der Waals surface area contributed by atoms with Crippen LogP contribution < -0.4 is 20.9 Å². The minimum Gasteiger partial charge on any atom is -0.504 e. The van der Waals surface area contributed by atoms with Crippen molar-refractivity contribution in [2.75, 3.05) is 7.11 Å². The second kappa shape index (κ2) is 5.88. The van der Waals surface area contributed by atoms with Gasteiger partial charge in [0.05, 0.1) is 23.4 Å². The number of H-pyrrole nitrogens is 1. The number of para-hydroxylation sites is 1. The van der Waals surface area contributed by atoms with E-state index in [0.717, 1.165) is 11.3 Å². The molecule has 1 aromatic heterocycles. The molecule has 0 aliphatic carbocycles. The Hall–Kier alpha value is -3.21. The lowest BCUT2D eigenvalue weighted by molar-refractivity contribution is 0.373. The van der Waals surface area contributed by atoms with Gasteiger partial charge in [0.1, 0.15) is 0 Å². The van der Waals surface area contributed by atoms with Gasteiger partial charge in [0.25, 0.3) is 5.56 Å². The monoisotopic (exact) mass is 308 g/mol. The van der Waals surface area contributed by atoms with Crippen molar-refractivity contribution in [1.82, 2.24) is 9.78 Å². The molecule has 2 N–H and O–H groups in total.